The molecule has 0 bridgehead atoms. The number of hydrogen-bond acceptors (Lipinski definition) is 2. The van der Waals surface area contributed by atoms with Crippen molar-refractivity contribution in [1.29, 1.82) is 0 Å². The molecule has 0 rings (SSSR count). The molecule has 0 aromatic carbocycles. The van der Waals surface area contributed by atoms with Crippen molar-refractivity contribution >= 4 is 8.96 Å². The average molecular weight is 204 g/mol. The molecule has 0 unspecified atom stereocenters. The topological polar surface area (TPSA) is 38.0 Å². The van der Waals surface area contributed by atoms with Gasteiger partial charge in [-0.2, -0.15) is 0 Å². The molecular formula is C10H28N2Si. The Labute approximate surface area is 86.0 Å². The minimum absolute atomic E-state index is 0. The van der Waals surface area contributed by atoms with E-state index in [2.05, 4.69) is 38.8 Å². The lowest BCUT2D eigenvalue weighted by Crippen LogP contribution is -2.43. The highest BCUT2D eigenvalue weighted by Crippen LogP contribution is 1.98. The van der Waals surface area contributed by atoms with Gasteiger partial charge < -0.3 is 10.7 Å². The summed E-state index contributed by atoms with van der Waals surface area (Å²) in [7, 11) is -0.546. The molecule has 0 aromatic rings. The van der Waals surface area contributed by atoms with Gasteiger partial charge in [0, 0.05) is 11.1 Å². The van der Waals surface area contributed by atoms with E-state index >= 15 is 0 Å². The van der Waals surface area contributed by atoms with Gasteiger partial charge in [0.2, 0.25) is 0 Å². The zero-order chi connectivity index (χ0) is 11.3. The second-order valence-electron chi connectivity index (χ2n) is 5.92. The van der Waals surface area contributed by atoms with Gasteiger partial charge in [0.25, 0.3) is 0 Å². The van der Waals surface area contributed by atoms with Gasteiger partial charge in [-0.1, -0.05) is 13.1 Å². The van der Waals surface area contributed by atoms with Crippen molar-refractivity contribution in [2.75, 3.05) is 0 Å². The van der Waals surface area contributed by atoms with Gasteiger partial charge in [-0.25, -0.2) is 0 Å². The molecular weight excluding hydrogens is 176 g/mol. The summed E-state index contributed by atoms with van der Waals surface area (Å²) in [6.07, 6.45) is 0. The van der Waals surface area contributed by atoms with E-state index in [0.29, 0.717) is 5.54 Å². The lowest BCUT2D eigenvalue weighted by atomic mass is 10.1. The average Bonchev–Trinajstić information content (AvgIpc) is 1.47. The van der Waals surface area contributed by atoms with Gasteiger partial charge in [0.05, 0.1) is 0 Å². The standard InChI is InChI=1S/C6H17NSi.C4H11N/c1-6(2,3)7-8(4)5;1-4(2,3)5/h7-8H,1-5H3;5H2,1-3H3. The van der Waals surface area contributed by atoms with Gasteiger partial charge in [0.15, 0.2) is 0 Å². The fourth-order valence-electron chi connectivity index (χ4n) is 0.866. The summed E-state index contributed by atoms with van der Waals surface area (Å²) >= 11 is 0. The predicted octanol–water partition coefficient (Wildman–Crippen LogP) is 2.10. The molecule has 0 aliphatic carbocycles. The number of nitrogens with one attached hydrogen (secondary N) is 1. The molecule has 0 aromatic heterocycles. The first-order valence-corrected chi connectivity index (χ1v) is 7.87. The van der Waals surface area contributed by atoms with Crippen LogP contribution in [0.25, 0.3) is 0 Å². The predicted molar refractivity (Wildman–Crippen MR) is 65.7 cm³/mol. The maximum absolute atomic E-state index is 5.35. The molecule has 0 saturated heterocycles. The third-order valence-corrected chi connectivity index (χ3v) is 2.17. The normalized spacial score (nSPS) is 12.5. The third-order valence-electron chi connectivity index (χ3n) is 0.722. The third kappa shape index (κ3) is 47.3. The Morgan fingerprint density at radius 1 is 0.923 bits per heavy atom. The molecule has 0 aliphatic rings. The van der Waals surface area contributed by atoms with Crippen LogP contribution in [0.5, 0.6) is 0 Å². The van der Waals surface area contributed by atoms with Crippen LogP contribution in [0, 0.1) is 0 Å². The van der Waals surface area contributed by atoms with Gasteiger partial charge in [0.1, 0.15) is 8.96 Å². The lowest BCUT2D eigenvalue weighted by Gasteiger charge is -2.22. The molecule has 3 heteroatoms. The number of rotatable bonds is 1. The largest absolute Gasteiger partial charge is 0.335 e. The fourth-order valence-corrected chi connectivity index (χ4v) is 2.60. The van der Waals surface area contributed by atoms with E-state index in [9.17, 15) is 0 Å². The van der Waals surface area contributed by atoms with Crippen LogP contribution in [0.3, 0.4) is 0 Å². The SMILES string of the molecule is CC(C)(C)N.C[SiH](C)NC(C)(C)C. The van der Waals surface area contributed by atoms with Crippen LogP contribution in [-0.2, 0) is 0 Å². The van der Waals surface area contributed by atoms with E-state index in [1.807, 2.05) is 20.8 Å². The first-order chi connectivity index (χ1) is 5.42. The summed E-state index contributed by atoms with van der Waals surface area (Å²) in [4.78, 5) is 3.52. The highest BCUT2D eigenvalue weighted by molar-refractivity contribution is 6.53. The van der Waals surface area contributed by atoms with Crippen LogP contribution in [0.15, 0.2) is 0 Å². The van der Waals surface area contributed by atoms with Crippen LogP contribution < -0.4 is 10.7 Å². The zero-order valence-corrected chi connectivity index (χ0v) is 11.8. The monoisotopic (exact) mass is 204 g/mol. The summed E-state index contributed by atoms with van der Waals surface area (Å²) in [6.45, 7) is 17.1. The van der Waals surface area contributed by atoms with Crippen molar-refractivity contribution in [3.8, 4) is 0 Å². The maximum atomic E-state index is 5.35. The van der Waals surface area contributed by atoms with Crippen LogP contribution in [0.2, 0.25) is 13.1 Å². The molecule has 0 saturated carbocycles. The summed E-state index contributed by atoms with van der Waals surface area (Å²) in [5.41, 5.74) is 5.69. The Kier molecular flexibility index (Phi) is 6.94. The molecule has 13 heavy (non-hydrogen) atoms. The van der Waals surface area contributed by atoms with Crippen LogP contribution >= 0.6 is 0 Å². The Morgan fingerprint density at radius 3 is 1.15 bits per heavy atom. The fraction of sp³-hybridized carbons (Fsp3) is 1.00. The first kappa shape index (κ1) is 15.6. The molecule has 2 nitrogen and oxygen atoms in total. The number of nitrogens with two attached hydrogens (primary N) is 1. The van der Waals surface area contributed by atoms with Crippen LogP contribution in [0.4, 0.5) is 0 Å². The van der Waals surface area contributed by atoms with E-state index < -0.39 is 8.96 Å². The summed E-state index contributed by atoms with van der Waals surface area (Å²) in [5, 5.41) is 0. The van der Waals surface area contributed by atoms with E-state index in [4.69, 9.17) is 5.73 Å². The summed E-state index contributed by atoms with van der Waals surface area (Å²) < 4.78 is 0. The van der Waals surface area contributed by atoms with Gasteiger partial charge in [-0.05, 0) is 41.5 Å². The highest BCUT2D eigenvalue weighted by Gasteiger charge is 2.09. The quantitative estimate of drug-likeness (QED) is 0.642. The van der Waals surface area contributed by atoms with Crippen molar-refractivity contribution in [3.05, 3.63) is 0 Å². The smallest absolute Gasteiger partial charge is 0.103 e. The van der Waals surface area contributed by atoms with Crippen molar-refractivity contribution in [3.63, 3.8) is 0 Å². The van der Waals surface area contributed by atoms with Gasteiger partial charge in [-0.3, -0.25) is 0 Å². The molecule has 0 amide bonds. The van der Waals surface area contributed by atoms with Gasteiger partial charge in [-0.15, -0.1) is 0 Å². The molecule has 82 valence electrons. The Hall–Kier alpha value is 0.137. The minimum atomic E-state index is -0.546. The number of hydrogen-bond donors (Lipinski definition) is 2. The summed E-state index contributed by atoms with van der Waals surface area (Å²) in [5.74, 6) is 0. The molecule has 0 atom stereocenters. The molecule has 0 fully saturated rings. The van der Waals surface area contributed by atoms with E-state index in [0.717, 1.165) is 0 Å². The maximum Gasteiger partial charge on any atom is 0.103 e. The van der Waals surface area contributed by atoms with Crippen molar-refractivity contribution in [2.24, 2.45) is 5.73 Å². The van der Waals surface area contributed by atoms with Crippen LogP contribution in [0.1, 0.15) is 41.5 Å². The van der Waals surface area contributed by atoms with Crippen molar-refractivity contribution in [1.82, 2.24) is 4.98 Å². The molecule has 3 N–H and O–H groups in total. The van der Waals surface area contributed by atoms with E-state index in [1.165, 1.54) is 0 Å². The van der Waals surface area contributed by atoms with Crippen molar-refractivity contribution < 1.29 is 0 Å². The molecule has 0 heterocycles. The Bertz CT molecular complexity index is 114. The second kappa shape index (κ2) is 5.78. The van der Waals surface area contributed by atoms with Crippen molar-refractivity contribution in [2.45, 2.75) is 65.7 Å². The van der Waals surface area contributed by atoms with E-state index in [1.54, 1.807) is 0 Å². The van der Waals surface area contributed by atoms with Crippen LogP contribution in [-0.4, -0.2) is 20.0 Å². The Balaban J connectivity index is 0. The minimum Gasteiger partial charge on any atom is -0.335 e. The summed E-state index contributed by atoms with van der Waals surface area (Å²) in [6, 6.07) is 0. The lowest BCUT2D eigenvalue weighted by molar-refractivity contribution is 0.519. The Morgan fingerprint density at radius 2 is 1.15 bits per heavy atom. The highest BCUT2D eigenvalue weighted by atomic mass is 28.3. The van der Waals surface area contributed by atoms with Gasteiger partial charge >= 0.3 is 0 Å². The first-order valence-electron chi connectivity index (χ1n) is 4.98. The van der Waals surface area contributed by atoms with E-state index in [-0.39, 0.29) is 5.54 Å². The molecule has 0 aliphatic heterocycles. The second-order valence-corrected chi connectivity index (χ2v) is 8.51. The molecule has 0 spiro atoms. The molecule has 0 radical (unpaired) electrons. The zero-order valence-electron chi connectivity index (χ0n) is 10.7.